The summed E-state index contributed by atoms with van der Waals surface area (Å²) >= 11 is 0. The quantitative estimate of drug-likeness (QED) is 0.108. The number of anilines is 2. The van der Waals surface area contributed by atoms with Crippen LogP contribution in [0.1, 0.15) is 90.4 Å². The minimum atomic E-state index is -3.45. The summed E-state index contributed by atoms with van der Waals surface area (Å²) in [6.45, 7) is -9.44. The number of aromatic nitrogens is 4. The number of amides is 1. The van der Waals surface area contributed by atoms with Crippen molar-refractivity contribution in [2.24, 2.45) is 0 Å². The Morgan fingerprint density at radius 2 is 1.75 bits per heavy atom. The number of imidazole rings is 1. The molecular formula is C44H45N8O4Si+. The zero-order valence-corrected chi connectivity index (χ0v) is 31.5. The normalized spacial score (nSPS) is 28.4. The molecule has 2 aromatic heterocycles. The Bertz CT molecular complexity index is 3280. The van der Waals surface area contributed by atoms with Gasteiger partial charge in [-0.3, -0.25) is 4.79 Å². The lowest BCUT2D eigenvalue weighted by atomic mass is 9.86. The Morgan fingerprint density at radius 3 is 2.53 bits per heavy atom. The fourth-order valence-corrected chi connectivity index (χ4v) is 10.3. The summed E-state index contributed by atoms with van der Waals surface area (Å²) < 4.78 is 144. The fraction of sp³-hybridized carbons (Fsp3) is 0.273. The maximum atomic E-state index is 14.0. The zero-order chi connectivity index (χ0) is 53.6. The van der Waals surface area contributed by atoms with Gasteiger partial charge < -0.3 is 30.8 Å². The van der Waals surface area contributed by atoms with E-state index in [1.165, 1.54) is 61.0 Å². The molecule has 5 aromatic rings. The summed E-state index contributed by atoms with van der Waals surface area (Å²) in [5, 5.41) is 14.2. The highest BCUT2D eigenvalue weighted by molar-refractivity contribution is 6.98. The molecule has 0 spiro atoms. The van der Waals surface area contributed by atoms with Crippen LogP contribution in [0.3, 0.4) is 0 Å². The lowest BCUT2D eigenvalue weighted by molar-refractivity contribution is -0.504. The Kier molecular flexibility index (Phi) is 5.75. The number of H-pyrrole nitrogens is 1. The molecular weight excluding hydrogens is 733 g/mol. The van der Waals surface area contributed by atoms with Gasteiger partial charge in [0.1, 0.15) is 38.7 Å². The molecule has 0 unspecified atom stereocenters. The predicted molar refractivity (Wildman–Crippen MR) is 224 cm³/mol. The molecule has 1 aliphatic carbocycles. The van der Waals surface area contributed by atoms with E-state index in [-0.39, 0.29) is 58.6 Å². The Hall–Kier alpha value is -6.34. The first-order valence-corrected chi connectivity index (χ1v) is 20.8. The molecule has 0 saturated carbocycles. The molecule has 288 valence electrons. The smallest absolute Gasteiger partial charge is 0.336 e. The van der Waals surface area contributed by atoms with Gasteiger partial charge in [0.15, 0.2) is 11.4 Å². The minimum absolute atomic E-state index is 0.0102. The van der Waals surface area contributed by atoms with Gasteiger partial charge in [-0.05, 0) is 92.9 Å². The second-order valence-electron chi connectivity index (χ2n) is 13.9. The van der Waals surface area contributed by atoms with E-state index < -0.39 is 71.4 Å². The molecule has 4 aliphatic rings. The van der Waals surface area contributed by atoms with Crippen LogP contribution in [0.25, 0.3) is 16.7 Å². The van der Waals surface area contributed by atoms with E-state index in [4.69, 9.17) is 32.4 Å². The standard InChI is InChI=1S/C44H44N8O4Si/c1-57(2)36-22-30(51-17-3-4-18-51)12-15-33(36)38(34-16-13-31(23-37(34)57)52-19-5-6-20-52)35-21-29(11-14-32(35)43(54)55)41(53)46-24-27-7-9-28(10-8-27)25-56-42-39-40(48-26-47-39)49-44(45)50-42/h7-16,21-23,26H,3-6,17-20,24-25H2,1-2H3,(H4-,45,46,47,48,49,50,53,54,55)/p+1/i3D2,4D2,5D2,6D2,17D2,18D2,19D2,20D2. The topological polar surface area (TPSA) is 162 Å². The molecule has 13 heteroatoms. The summed E-state index contributed by atoms with van der Waals surface area (Å²) in [5.74, 6) is -1.83. The maximum absolute atomic E-state index is 14.0. The van der Waals surface area contributed by atoms with Gasteiger partial charge in [-0.2, -0.15) is 9.97 Å². The minimum Gasteiger partial charge on any atom is -0.478 e. The number of nitrogen functional groups attached to an aromatic ring is 1. The molecule has 9 rings (SSSR count). The van der Waals surface area contributed by atoms with Crippen molar-refractivity contribution >= 4 is 59.2 Å². The maximum Gasteiger partial charge on any atom is 0.336 e. The number of allylic oxidation sites excluding steroid dienone is 5. The van der Waals surface area contributed by atoms with Crippen LogP contribution in [0.5, 0.6) is 5.88 Å². The summed E-state index contributed by atoms with van der Waals surface area (Å²) in [7, 11) is -3.45. The number of carbonyl (C=O) groups excluding carboxylic acids is 1. The molecule has 3 aromatic carbocycles. The first-order valence-electron chi connectivity index (χ1n) is 25.8. The number of hydrogen-bond donors (Lipinski definition) is 4. The molecule has 5 N–H and O–H groups in total. The second kappa shape index (κ2) is 14.6. The van der Waals surface area contributed by atoms with Crippen molar-refractivity contribution in [1.29, 1.82) is 0 Å². The molecule has 3 aliphatic heterocycles. The number of ether oxygens (including phenoxy) is 1. The van der Waals surface area contributed by atoms with E-state index in [0.29, 0.717) is 47.7 Å². The van der Waals surface area contributed by atoms with Crippen LogP contribution < -0.4 is 25.9 Å². The highest BCUT2D eigenvalue weighted by Gasteiger charge is 2.41. The average molecular weight is 794 g/mol. The van der Waals surface area contributed by atoms with Crippen LogP contribution in [0.4, 0.5) is 11.6 Å². The fourth-order valence-electron chi connectivity index (χ4n) is 7.24. The molecule has 5 heterocycles. The van der Waals surface area contributed by atoms with E-state index in [9.17, 15) is 14.7 Å². The number of carboxylic acids is 1. The first kappa shape index (κ1) is 22.4. The Morgan fingerprint density at radius 1 is 0.982 bits per heavy atom. The molecule has 2 fully saturated rings. The molecule has 0 bridgehead atoms. The van der Waals surface area contributed by atoms with Gasteiger partial charge >= 0.3 is 5.97 Å². The third-order valence-corrected chi connectivity index (χ3v) is 13.6. The van der Waals surface area contributed by atoms with Crippen LogP contribution in [0.15, 0.2) is 96.0 Å². The summed E-state index contributed by atoms with van der Waals surface area (Å²) in [4.78, 5) is 42.7. The molecule has 2 saturated heterocycles. The van der Waals surface area contributed by atoms with Crippen LogP contribution in [-0.4, -0.2) is 81.3 Å². The van der Waals surface area contributed by atoms with Crippen molar-refractivity contribution in [1.82, 2.24) is 25.3 Å². The Balaban J connectivity index is 1.14. The molecule has 0 radical (unpaired) electrons. The van der Waals surface area contributed by atoms with E-state index in [1.54, 1.807) is 37.4 Å². The number of nitrogens with zero attached hydrogens (tertiary/aromatic N) is 5. The van der Waals surface area contributed by atoms with Gasteiger partial charge in [0.25, 0.3) is 5.91 Å². The lowest BCUT2D eigenvalue weighted by Crippen LogP contribution is -2.50. The second-order valence-corrected chi connectivity index (χ2v) is 18.2. The van der Waals surface area contributed by atoms with E-state index in [2.05, 4.69) is 25.3 Å². The molecule has 57 heavy (non-hydrogen) atoms. The van der Waals surface area contributed by atoms with E-state index in [1.807, 2.05) is 0 Å². The van der Waals surface area contributed by atoms with Crippen molar-refractivity contribution in [3.05, 3.63) is 129 Å². The number of aromatic carboxylic acids is 1. The number of carbonyl (C=O) groups is 2. The predicted octanol–water partition coefficient (Wildman–Crippen LogP) is 5.76. The van der Waals surface area contributed by atoms with Gasteiger partial charge in [0, 0.05) is 72.1 Å². The highest BCUT2D eigenvalue weighted by Crippen LogP contribution is 2.43. The number of carboxylic acid groups (broad SMARTS) is 1. The number of benzene rings is 3. The zero-order valence-electron chi connectivity index (χ0n) is 46.5. The van der Waals surface area contributed by atoms with Gasteiger partial charge in [-0.15, -0.1) is 0 Å². The van der Waals surface area contributed by atoms with Gasteiger partial charge in [-0.1, -0.05) is 43.4 Å². The van der Waals surface area contributed by atoms with Crippen molar-refractivity contribution in [2.75, 3.05) is 36.6 Å². The van der Waals surface area contributed by atoms with Crippen molar-refractivity contribution in [3.63, 3.8) is 0 Å². The summed E-state index contributed by atoms with van der Waals surface area (Å²) in [5.41, 5.74) is 7.95. The van der Waals surface area contributed by atoms with Gasteiger partial charge in [0.2, 0.25) is 11.8 Å². The molecule has 1 amide bonds. The van der Waals surface area contributed by atoms with E-state index in [0.717, 1.165) is 5.56 Å². The van der Waals surface area contributed by atoms with Gasteiger partial charge in [0.05, 0.1) is 11.9 Å². The van der Waals surface area contributed by atoms with Crippen molar-refractivity contribution in [2.45, 2.75) is 51.7 Å². The number of rotatable bonds is 9. The first-order chi connectivity index (χ1) is 33.7. The highest BCUT2D eigenvalue weighted by atomic mass is 28.3. The Labute approximate surface area is 354 Å². The average Bonchev–Trinajstić information content (AvgIpc) is 3.82. The van der Waals surface area contributed by atoms with Crippen molar-refractivity contribution in [3.8, 4) is 5.88 Å². The van der Waals surface area contributed by atoms with Gasteiger partial charge in [-0.25, -0.2) is 14.4 Å². The lowest BCUT2D eigenvalue weighted by Gasteiger charge is -2.38. The number of nitrogens with one attached hydrogen (secondary N) is 2. The number of aromatic amines is 1. The third-order valence-electron chi connectivity index (χ3n) is 10.1. The number of nitrogens with two attached hydrogens (primary N) is 1. The number of hydrogen-bond acceptors (Lipinski definition) is 8. The van der Waals surface area contributed by atoms with Crippen LogP contribution in [-0.2, 0) is 13.2 Å². The molecule has 0 atom stereocenters. The van der Waals surface area contributed by atoms with Crippen LogP contribution >= 0.6 is 0 Å². The number of fused-ring (bicyclic) bond motifs is 3. The summed E-state index contributed by atoms with van der Waals surface area (Å²) in [6.07, 6.45) is -8.09. The monoisotopic (exact) mass is 793 g/mol. The SMILES string of the molecule is [2H]C1([2H])N(c2ccc3c(c2)[Si](C)(C)C2=CC(=[N+]4C([2H])([2H])C([2H])([2H])C([2H])([2H])C4([2H])[2H])C=CC2=C3c2cc(C(=O)NCc3ccc(COc4nc(N)nc5nc[nH]c45)cc3)ccc2C(=O)O)C([2H])([2H])C([2H])([2H])C1([2H])[2H]. The summed E-state index contributed by atoms with van der Waals surface area (Å²) in [6, 6.07) is 15.0. The largest absolute Gasteiger partial charge is 0.478 e. The molecule has 12 nitrogen and oxygen atoms in total. The van der Waals surface area contributed by atoms with Crippen LogP contribution in [0.2, 0.25) is 13.1 Å². The van der Waals surface area contributed by atoms with E-state index >= 15 is 0 Å². The van der Waals surface area contributed by atoms with Crippen molar-refractivity contribution < 1.29 is 45.9 Å². The van der Waals surface area contributed by atoms with Crippen LogP contribution in [0, 0.1) is 0 Å². The third kappa shape index (κ3) is 6.81.